The zero-order valence-corrected chi connectivity index (χ0v) is 28.8. The number of benzene rings is 5. The summed E-state index contributed by atoms with van der Waals surface area (Å²) in [5.41, 5.74) is 14.6. The van der Waals surface area contributed by atoms with Gasteiger partial charge in [-0.2, -0.15) is 0 Å². The molecule has 6 aliphatic carbocycles. The molecule has 6 aliphatic rings. The minimum Gasteiger partial charge on any atom is -0.313 e. The lowest BCUT2D eigenvalue weighted by molar-refractivity contribution is -0.0399. The summed E-state index contributed by atoms with van der Waals surface area (Å²) in [6.45, 7) is 2.36. The molecule has 13 rings (SSSR count). The van der Waals surface area contributed by atoms with Crippen molar-refractivity contribution >= 4 is 48.5 Å². The molecule has 1 unspecified atom stereocenters. The van der Waals surface area contributed by atoms with Gasteiger partial charge in [-0.1, -0.05) is 85.8 Å². The van der Waals surface area contributed by atoms with E-state index in [0.29, 0.717) is 5.92 Å². The Morgan fingerprint density at radius 2 is 1.37 bits per heavy atom. The van der Waals surface area contributed by atoms with Crippen molar-refractivity contribution in [1.82, 2.24) is 4.57 Å². The number of aromatic nitrogens is 1. The molecule has 2 heteroatoms. The van der Waals surface area contributed by atoms with Crippen LogP contribution in [0.3, 0.4) is 0 Å². The Balaban J connectivity index is 1.03. The highest BCUT2D eigenvalue weighted by molar-refractivity contribution is 7.25. The Hall–Kier alpha value is -4.40. The third-order valence-electron chi connectivity index (χ3n) is 13.7. The molecule has 2 aromatic heterocycles. The molecular formula is C47H39NS. The lowest BCUT2D eigenvalue weighted by atomic mass is 9.43. The quantitative estimate of drug-likeness (QED) is 0.176. The zero-order chi connectivity index (χ0) is 32.0. The van der Waals surface area contributed by atoms with Gasteiger partial charge in [0.15, 0.2) is 0 Å². The van der Waals surface area contributed by atoms with E-state index in [0.717, 1.165) is 30.1 Å². The van der Waals surface area contributed by atoms with Crippen molar-refractivity contribution < 1.29 is 0 Å². The summed E-state index contributed by atoms with van der Waals surface area (Å²) in [6.07, 6.45) is 13.1. The van der Waals surface area contributed by atoms with Crippen LogP contribution in [0, 0.1) is 29.6 Å². The second-order valence-electron chi connectivity index (χ2n) is 16.2. The standard InChI is InChI=1S/C47H39NS/c1-27-10-14-36-40-24-30(31-11-15-38-37-7-3-5-9-45(37)49-46(38)25-31)12-17-43(40)48(44(36)18-27)34-13-16-42-39(26-34)35-6-2-4-8-41(35)47(42)32-20-28-19-29(22-32)23-33(47)21-28/h2-17,24-29,32-33H,18-23H2,1H3. The summed E-state index contributed by atoms with van der Waals surface area (Å²) in [7, 11) is 0. The van der Waals surface area contributed by atoms with Crippen molar-refractivity contribution in [3.63, 3.8) is 0 Å². The Labute approximate surface area is 291 Å². The molecule has 49 heavy (non-hydrogen) atoms. The molecule has 5 aromatic carbocycles. The van der Waals surface area contributed by atoms with Crippen LogP contribution in [0.1, 0.15) is 61.4 Å². The maximum Gasteiger partial charge on any atom is 0.0538 e. The fourth-order valence-corrected chi connectivity index (χ4v) is 13.2. The van der Waals surface area contributed by atoms with E-state index in [1.54, 1.807) is 11.1 Å². The average Bonchev–Trinajstić information content (AvgIpc) is 3.75. The van der Waals surface area contributed by atoms with Gasteiger partial charge in [0, 0.05) is 47.9 Å². The first kappa shape index (κ1) is 27.4. The molecule has 0 radical (unpaired) electrons. The Morgan fingerprint density at radius 3 is 2.24 bits per heavy atom. The van der Waals surface area contributed by atoms with Crippen molar-refractivity contribution in [3.05, 3.63) is 132 Å². The second-order valence-corrected chi connectivity index (χ2v) is 17.3. The maximum atomic E-state index is 2.62. The van der Waals surface area contributed by atoms with Crippen molar-refractivity contribution in [2.75, 3.05) is 0 Å². The van der Waals surface area contributed by atoms with Crippen LogP contribution in [0.25, 0.3) is 65.1 Å². The monoisotopic (exact) mass is 649 g/mol. The number of rotatable bonds is 2. The van der Waals surface area contributed by atoms with Crippen LogP contribution in [0.5, 0.6) is 0 Å². The largest absolute Gasteiger partial charge is 0.313 e. The number of hydrogen-bond donors (Lipinski definition) is 0. The number of hydrogen-bond acceptors (Lipinski definition) is 1. The molecule has 4 saturated carbocycles. The lowest BCUT2D eigenvalue weighted by Gasteiger charge is -2.61. The first-order valence-electron chi connectivity index (χ1n) is 18.7. The van der Waals surface area contributed by atoms with E-state index in [1.807, 2.05) is 11.3 Å². The number of fused-ring (bicyclic) bond motifs is 9. The Bertz CT molecular complexity index is 2540. The molecule has 4 fully saturated rings. The summed E-state index contributed by atoms with van der Waals surface area (Å²) in [5, 5.41) is 4.09. The van der Waals surface area contributed by atoms with Crippen LogP contribution >= 0.6 is 11.3 Å². The molecule has 7 aromatic rings. The average molecular weight is 650 g/mol. The van der Waals surface area contributed by atoms with E-state index < -0.39 is 0 Å². The van der Waals surface area contributed by atoms with E-state index >= 15 is 0 Å². The van der Waals surface area contributed by atoms with E-state index in [4.69, 9.17) is 0 Å². The highest BCUT2D eigenvalue weighted by atomic mass is 32.1. The molecule has 2 heterocycles. The Morgan fingerprint density at radius 1 is 0.633 bits per heavy atom. The predicted molar refractivity (Wildman–Crippen MR) is 207 cm³/mol. The molecule has 1 nitrogen and oxygen atoms in total. The highest BCUT2D eigenvalue weighted by Crippen LogP contribution is 2.69. The first-order valence-corrected chi connectivity index (χ1v) is 19.5. The van der Waals surface area contributed by atoms with E-state index in [1.165, 1.54) is 102 Å². The summed E-state index contributed by atoms with van der Waals surface area (Å²) >= 11 is 1.90. The summed E-state index contributed by atoms with van der Waals surface area (Å²) < 4.78 is 5.35. The molecule has 0 saturated heterocycles. The third-order valence-corrected chi connectivity index (χ3v) is 14.9. The van der Waals surface area contributed by atoms with Crippen molar-refractivity contribution in [2.45, 2.75) is 50.9 Å². The minimum atomic E-state index is 0.220. The van der Waals surface area contributed by atoms with Gasteiger partial charge in [-0.3, -0.25) is 0 Å². The first-order chi connectivity index (χ1) is 24.1. The van der Waals surface area contributed by atoms with Gasteiger partial charge in [-0.15, -0.1) is 11.3 Å². The van der Waals surface area contributed by atoms with E-state index in [2.05, 4.69) is 127 Å². The van der Waals surface area contributed by atoms with Gasteiger partial charge in [0.25, 0.3) is 0 Å². The summed E-state index contributed by atoms with van der Waals surface area (Å²) in [5.74, 6) is 4.06. The topological polar surface area (TPSA) is 4.93 Å². The highest BCUT2D eigenvalue weighted by Gasteiger charge is 2.61. The molecule has 1 spiro atoms. The summed E-state index contributed by atoms with van der Waals surface area (Å²) in [4.78, 5) is 0. The molecule has 0 amide bonds. The van der Waals surface area contributed by atoms with Crippen LogP contribution in [-0.2, 0) is 11.8 Å². The Kier molecular flexibility index (Phi) is 5.40. The van der Waals surface area contributed by atoms with E-state index in [9.17, 15) is 0 Å². The van der Waals surface area contributed by atoms with E-state index in [-0.39, 0.29) is 5.41 Å². The molecule has 4 bridgehead atoms. The van der Waals surface area contributed by atoms with Crippen LogP contribution in [0.15, 0.2) is 109 Å². The minimum absolute atomic E-state index is 0.220. The number of allylic oxidation sites excluding steroid dienone is 1. The zero-order valence-electron chi connectivity index (χ0n) is 28.0. The lowest BCUT2D eigenvalue weighted by Crippen LogP contribution is -2.55. The number of nitrogens with zero attached hydrogens (tertiary/aromatic N) is 1. The molecule has 0 aliphatic heterocycles. The normalized spacial score (nSPS) is 27.4. The number of thiophene rings is 1. The maximum absolute atomic E-state index is 2.62. The van der Waals surface area contributed by atoms with Crippen LogP contribution in [0.4, 0.5) is 0 Å². The smallest absolute Gasteiger partial charge is 0.0538 e. The SMILES string of the molecule is CC1C=Cc2c(n(-c3ccc4c(c3)-c3ccccc3C43C4CC5CC(C4)CC3C5)c3ccc(-c4ccc5c(c4)sc4ccccc45)cc23)C1. The van der Waals surface area contributed by atoms with Crippen LogP contribution in [0.2, 0.25) is 0 Å². The van der Waals surface area contributed by atoms with Gasteiger partial charge in [0.05, 0.1) is 5.52 Å². The van der Waals surface area contributed by atoms with Gasteiger partial charge in [-0.25, -0.2) is 0 Å². The van der Waals surface area contributed by atoms with Crippen molar-refractivity contribution in [3.8, 4) is 27.9 Å². The van der Waals surface area contributed by atoms with Gasteiger partial charge >= 0.3 is 0 Å². The second kappa shape index (κ2) is 9.64. The van der Waals surface area contributed by atoms with Gasteiger partial charge in [-0.05, 0) is 138 Å². The van der Waals surface area contributed by atoms with Gasteiger partial charge in [0.1, 0.15) is 0 Å². The van der Waals surface area contributed by atoms with Crippen molar-refractivity contribution in [1.29, 1.82) is 0 Å². The molecule has 1 atom stereocenters. The fraction of sp³-hybridized carbons (Fsp3) is 0.277. The summed E-state index contributed by atoms with van der Waals surface area (Å²) in [6, 6.07) is 40.3. The van der Waals surface area contributed by atoms with Crippen molar-refractivity contribution in [2.24, 2.45) is 29.6 Å². The van der Waals surface area contributed by atoms with Crippen LogP contribution in [-0.4, -0.2) is 4.57 Å². The van der Waals surface area contributed by atoms with Gasteiger partial charge < -0.3 is 4.57 Å². The molecule has 0 N–H and O–H groups in total. The third kappa shape index (κ3) is 3.56. The molecular weight excluding hydrogens is 611 g/mol. The van der Waals surface area contributed by atoms with Crippen LogP contribution < -0.4 is 0 Å². The fourth-order valence-electron chi connectivity index (χ4n) is 12.1. The predicted octanol–water partition coefficient (Wildman–Crippen LogP) is 12.6. The molecule has 238 valence electrons. The van der Waals surface area contributed by atoms with Gasteiger partial charge in [0.2, 0.25) is 0 Å².